The topological polar surface area (TPSA) is 85.9 Å². The summed E-state index contributed by atoms with van der Waals surface area (Å²) < 4.78 is 2.20. The van der Waals surface area contributed by atoms with Gasteiger partial charge in [-0.1, -0.05) is 19.1 Å². The second-order valence-electron chi connectivity index (χ2n) is 5.07. The third kappa shape index (κ3) is 4.08. The summed E-state index contributed by atoms with van der Waals surface area (Å²) in [7, 11) is 0. The highest BCUT2D eigenvalue weighted by Crippen LogP contribution is 2.25. The van der Waals surface area contributed by atoms with Gasteiger partial charge in [0.05, 0.1) is 27.0 Å². The Balaban J connectivity index is 2.12. The third-order valence-electron chi connectivity index (χ3n) is 2.79. The molecule has 0 radical (unpaired) electrons. The van der Waals surface area contributed by atoms with E-state index in [-0.39, 0.29) is 5.69 Å². The molecule has 0 aliphatic carbocycles. The summed E-state index contributed by atoms with van der Waals surface area (Å²) >= 11 is 3.32. The lowest BCUT2D eigenvalue weighted by Gasteiger charge is -2.04. The monoisotopic (exact) mass is 353 g/mol. The molecule has 2 aromatic rings. The lowest BCUT2D eigenvalue weighted by molar-refractivity contribution is -0.384. The maximum Gasteiger partial charge on any atom is 0.270 e. The molecule has 0 amide bonds. The minimum atomic E-state index is -0.433. The molecule has 112 valence electrons. The van der Waals surface area contributed by atoms with Gasteiger partial charge in [0, 0.05) is 18.7 Å². The van der Waals surface area contributed by atoms with Crippen LogP contribution < -0.4 is 5.32 Å². The quantitative estimate of drug-likeness (QED) is 0.637. The summed E-state index contributed by atoms with van der Waals surface area (Å²) in [5, 5.41) is 22.1. The van der Waals surface area contributed by atoms with Crippen molar-refractivity contribution in [1.82, 2.24) is 20.3 Å². The van der Waals surface area contributed by atoms with Gasteiger partial charge in [-0.15, -0.1) is 5.10 Å². The number of nitro benzene ring substituents is 1. The van der Waals surface area contributed by atoms with Gasteiger partial charge >= 0.3 is 0 Å². The second-order valence-corrected chi connectivity index (χ2v) is 5.93. The number of rotatable bonds is 6. The molecule has 1 heterocycles. The molecule has 21 heavy (non-hydrogen) atoms. The number of halogens is 1. The molecule has 0 saturated heterocycles. The SMILES string of the molecule is CC(C)CNCc1cn(-c2ccc([N+](=O)[O-])cc2Br)nn1. The zero-order valence-corrected chi connectivity index (χ0v) is 13.4. The molecule has 0 aliphatic heterocycles. The van der Waals surface area contributed by atoms with Crippen LogP contribution in [0.4, 0.5) is 5.69 Å². The Morgan fingerprint density at radius 1 is 1.48 bits per heavy atom. The van der Waals surface area contributed by atoms with Gasteiger partial charge in [-0.3, -0.25) is 10.1 Å². The largest absolute Gasteiger partial charge is 0.311 e. The minimum absolute atomic E-state index is 0.0320. The maximum atomic E-state index is 10.7. The van der Waals surface area contributed by atoms with E-state index in [1.165, 1.54) is 12.1 Å². The van der Waals surface area contributed by atoms with E-state index < -0.39 is 4.92 Å². The Hall–Kier alpha value is -1.80. The number of nitro groups is 1. The van der Waals surface area contributed by atoms with Gasteiger partial charge in [0.15, 0.2) is 0 Å². The van der Waals surface area contributed by atoms with Crippen molar-refractivity contribution in [3.05, 3.63) is 44.7 Å². The number of nitrogens with zero attached hydrogens (tertiary/aromatic N) is 4. The minimum Gasteiger partial charge on any atom is -0.311 e. The Labute approximate surface area is 130 Å². The van der Waals surface area contributed by atoms with Crippen molar-refractivity contribution < 1.29 is 4.92 Å². The van der Waals surface area contributed by atoms with Crippen molar-refractivity contribution in [3.63, 3.8) is 0 Å². The van der Waals surface area contributed by atoms with E-state index in [0.717, 1.165) is 12.2 Å². The number of non-ortho nitro benzene ring substituents is 1. The van der Waals surface area contributed by atoms with Crippen LogP contribution in [-0.4, -0.2) is 26.5 Å². The lowest BCUT2D eigenvalue weighted by atomic mass is 10.2. The van der Waals surface area contributed by atoms with Crippen LogP contribution in [0.5, 0.6) is 0 Å². The van der Waals surface area contributed by atoms with Gasteiger partial charge < -0.3 is 5.32 Å². The van der Waals surface area contributed by atoms with Crippen molar-refractivity contribution in [2.45, 2.75) is 20.4 Å². The Morgan fingerprint density at radius 3 is 2.86 bits per heavy atom. The van der Waals surface area contributed by atoms with E-state index in [0.29, 0.717) is 22.6 Å². The molecular weight excluding hydrogens is 338 g/mol. The van der Waals surface area contributed by atoms with Gasteiger partial charge in [-0.05, 0) is 34.5 Å². The summed E-state index contributed by atoms with van der Waals surface area (Å²) in [6, 6.07) is 4.54. The summed E-state index contributed by atoms with van der Waals surface area (Å²) in [5.41, 5.74) is 1.56. The fourth-order valence-electron chi connectivity index (χ4n) is 1.78. The number of nitrogens with one attached hydrogen (secondary N) is 1. The average molecular weight is 354 g/mol. The Morgan fingerprint density at radius 2 is 2.24 bits per heavy atom. The molecule has 1 aromatic carbocycles. The van der Waals surface area contributed by atoms with Crippen LogP contribution in [0.25, 0.3) is 5.69 Å². The van der Waals surface area contributed by atoms with Crippen LogP contribution in [0.2, 0.25) is 0 Å². The number of aromatic nitrogens is 3. The van der Waals surface area contributed by atoms with E-state index in [9.17, 15) is 10.1 Å². The van der Waals surface area contributed by atoms with Crippen molar-refractivity contribution in [2.24, 2.45) is 5.92 Å². The first kappa shape index (κ1) is 15.6. The molecule has 0 saturated carbocycles. The van der Waals surface area contributed by atoms with Crippen LogP contribution >= 0.6 is 15.9 Å². The van der Waals surface area contributed by atoms with Gasteiger partial charge in [-0.2, -0.15) is 0 Å². The van der Waals surface area contributed by atoms with E-state index in [1.807, 2.05) is 0 Å². The van der Waals surface area contributed by atoms with Gasteiger partial charge in [0.2, 0.25) is 0 Å². The number of hydrogen-bond acceptors (Lipinski definition) is 5. The highest BCUT2D eigenvalue weighted by Gasteiger charge is 2.11. The first-order valence-corrected chi connectivity index (χ1v) is 7.33. The smallest absolute Gasteiger partial charge is 0.270 e. The highest BCUT2D eigenvalue weighted by atomic mass is 79.9. The van der Waals surface area contributed by atoms with Crippen LogP contribution in [0.1, 0.15) is 19.5 Å². The second kappa shape index (κ2) is 6.77. The van der Waals surface area contributed by atoms with Gasteiger partial charge in [0.25, 0.3) is 5.69 Å². The molecule has 1 aromatic heterocycles. The first-order chi connectivity index (χ1) is 9.97. The zero-order valence-electron chi connectivity index (χ0n) is 11.8. The fraction of sp³-hybridized carbons (Fsp3) is 0.385. The molecule has 7 nitrogen and oxygen atoms in total. The molecule has 0 fully saturated rings. The van der Waals surface area contributed by atoms with E-state index in [4.69, 9.17) is 0 Å². The Kier molecular flexibility index (Phi) is 5.03. The summed E-state index contributed by atoms with van der Waals surface area (Å²) in [6.45, 7) is 5.83. The fourth-order valence-corrected chi connectivity index (χ4v) is 2.33. The summed E-state index contributed by atoms with van der Waals surface area (Å²) in [5.74, 6) is 0.573. The van der Waals surface area contributed by atoms with Crippen LogP contribution in [0, 0.1) is 16.0 Å². The lowest BCUT2D eigenvalue weighted by Crippen LogP contribution is -2.19. The van der Waals surface area contributed by atoms with Crippen LogP contribution in [0.15, 0.2) is 28.9 Å². The van der Waals surface area contributed by atoms with Crippen molar-refractivity contribution >= 4 is 21.6 Å². The van der Waals surface area contributed by atoms with E-state index in [1.54, 1.807) is 16.9 Å². The van der Waals surface area contributed by atoms with Gasteiger partial charge in [0.1, 0.15) is 0 Å². The average Bonchev–Trinajstić information content (AvgIpc) is 2.86. The number of hydrogen-bond donors (Lipinski definition) is 1. The van der Waals surface area contributed by atoms with Crippen LogP contribution in [0.3, 0.4) is 0 Å². The third-order valence-corrected chi connectivity index (χ3v) is 3.42. The van der Waals surface area contributed by atoms with E-state index in [2.05, 4.69) is 45.4 Å². The molecule has 0 unspecified atom stereocenters. The molecule has 0 spiro atoms. The predicted octanol–water partition coefficient (Wildman–Crippen LogP) is 2.68. The molecule has 1 N–H and O–H groups in total. The normalized spacial score (nSPS) is 11.0. The summed E-state index contributed by atoms with van der Waals surface area (Å²) in [6.07, 6.45) is 1.80. The zero-order chi connectivity index (χ0) is 15.4. The van der Waals surface area contributed by atoms with E-state index >= 15 is 0 Å². The molecule has 0 aliphatic rings. The molecule has 8 heteroatoms. The Bertz CT molecular complexity index is 641. The van der Waals surface area contributed by atoms with Gasteiger partial charge in [-0.25, -0.2) is 4.68 Å². The molecule has 2 rings (SSSR count). The molecule has 0 bridgehead atoms. The predicted molar refractivity (Wildman–Crippen MR) is 82.3 cm³/mol. The highest BCUT2D eigenvalue weighted by molar-refractivity contribution is 9.10. The summed E-state index contributed by atoms with van der Waals surface area (Å²) in [4.78, 5) is 10.3. The van der Waals surface area contributed by atoms with Crippen molar-refractivity contribution in [3.8, 4) is 5.69 Å². The van der Waals surface area contributed by atoms with Crippen molar-refractivity contribution in [1.29, 1.82) is 0 Å². The van der Waals surface area contributed by atoms with Crippen LogP contribution in [-0.2, 0) is 6.54 Å². The standard InChI is InChI=1S/C13H16BrN5O2/c1-9(2)6-15-7-10-8-18(17-16-10)13-4-3-11(19(20)21)5-12(13)14/h3-5,8-9,15H,6-7H2,1-2H3. The molecule has 0 atom stereocenters. The maximum absolute atomic E-state index is 10.7. The number of benzene rings is 1. The first-order valence-electron chi connectivity index (χ1n) is 6.53. The van der Waals surface area contributed by atoms with Crippen molar-refractivity contribution in [2.75, 3.05) is 6.54 Å². The molecular formula is C13H16BrN5O2.